The number of carboxylic acid groups (broad SMARTS) is 1. The molecule has 0 amide bonds. The quantitative estimate of drug-likeness (QED) is 0.175. The fraction of sp³-hybridized carbons (Fsp3) is 0.107. The first-order valence-corrected chi connectivity index (χ1v) is 11.5. The Labute approximate surface area is 215 Å². The minimum absolute atomic E-state index is 0.0918. The summed E-state index contributed by atoms with van der Waals surface area (Å²) in [6, 6.07) is 18.0. The van der Waals surface area contributed by atoms with Crippen molar-refractivity contribution in [1.29, 1.82) is 0 Å². The number of pyridine rings is 1. The third kappa shape index (κ3) is 5.59. The second-order valence-corrected chi connectivity index (χ2v) is 8.89. The summed E-state index contributed by atoms with van der Waals surface area (Å²) < 4.78 is 30.6. The van der Waals surface area contributed by atoms with Gasteiger partial charge >= 0.3 is 5.97 Å². The van der Waals surface area contributed by atoms with Gasteiger partial charge in [-0.15, -0.1) is 0 Å². The van der Waals surface area contributed by atoms with Crippen LogP contribution in [0, 0.1) is 11.6 Å². The molecule has 0 bridgehead atoms. The van der Waals surface area contributed by atoms with Crippen molar-refractivity contribution in [2.24, 2.45) is 12.2 Å². The van der Waals surface area contributed by atoms with Gasteiger partial charge in [-0.25, -0.2) is 13.6 Å². The fourth-order valence-electron chi connectivity index (χ4n) is 4.14. The van der Waals surface area contributed by atoms with Gasteiger partial charge in [0, 0.05) is 42.2 Å². The van der Waals surface area contributed by atoms with Gasteiger partial charge in [-0.3, -0.25) is 4.79 Å². The number of carbonyl (C=O) groups is 1. The second kappa shape index (κ2) is 10.8. The smallest absolute Gasteiger partial charge is 0.338 e. The molecule has 3 aromatic carbocycles. The van der Waals surface area contributed by atoms with E-state index in [-0.39, 0.29) is 22.7 Å². The number of aryl methyl sites for hydroxylation is 1. The Kier molecular flexibility index (Phi) is 7.50. The number of halogens is 3. The predicted molar refractivity (Wildman–Crippen MR) is 137 cm³/mol. The number of oxime groups is 1. The lowest BCUT2D eigenvalue weighted by Crippen LogP contribution is -2.18. The summed E-state index contributed by atoms with van der Waals surface area (Å²) in [7, 11) is 1.57. The molecule has 1 heterocycles. The van der Waals surface area contributed by atoms with Gasteiger partial charge in [0.2, 0.25) is 5.56 Å². The molecular formula is C28H21ClF2N2O4. The molecule has 9 heteroatoms. The maximum Gasteiger partial charge on any atom is 0.338 e. The topological polar surface area (TPSA) is 91.9 Å². The van der Waals surface area contributed by atoms with Crippen LogP contribution in [0.4, 0.5) is 8.78 Å². The van der Waals surface area contributed by atoms with Crippen molar-refractivity contribution >= 4 is 23.3 Å². The summed E-state index contributed by atoms with van der Waals surface area (Å²) in [4.78, 5) is 22.9. The van der Waals surface area contributed by atoms with Crippen LogP contribution < -0.4 is 5.56 Å². The van der Waals surface area contributed by atoms with Gasteiger partial charge in [0.25, 0.3) is 0 Å². The minimum atomic E-state index is -1.35. The van der Waals surface area contributed by atoms with E-state index in [2.05, 4.69) is 5.16 Å². The Hall–Kier alpha value is -4.30. The van der Waals surface area contributed by atoms with Crippen molar-refractivity contribution in [2.75, 3.05) is 0 Å². The van der Waals surface area contributed by atoms with Crippen LogP contribution in [-0.4, -0.2) is 26.6 Å². The first kappa shape index (κ1) is 25.8. The standard InChI is InChI=1S/C28H21ClF2N2O4/c1-33-15-19(7-11-27(33)34)26(32-37)14-23(21-10-8-20(29)13-25(21)31)17-4-2-16(3-5-17)18-6-9-22(28(35)36)24(30)12-18/h2-13,15,23,37H,14H2,1H3,(H,35,36)/b32-26-. The molecule has 6 nitrogen and oxygen atoms in total. The minimum Gasteiger partial charge on any atom is -0.478 e. The zero-order valence-electron chi connectivity index (χ0n) is 19.5. The van der Waals surface area contributed by atoms with Crippen LogP contribution >= 0.6 is 11.6 Å². The van der Waals surface area contributed by atoms with E-state index in [1.54, 1.807) is 43.4 Å². The third-order valence-corrected chi connectivity index (χ3v) is 6.36. The Balaban J connectivity index is 1.74. The molecule has 0 aliphatic rings. The van der Waals surface area contributed by atoms with Crippen molar-refractivity contribution < 1.29 is 23.9 Å². The number of hydrogen-bond acceptors (Lipinski definition) is 4. The molecule has 0 spiro atoms. The highest BCUT2D eigenvalue weighted by Gasteiger charge is 2.22. The molecule has 1 unspecified atom stereocenters. The van der Waals surface area contributed by atoms with Crippen molar-refractivity contribution in [3.05, 3.63) is 128 Å². The van der Waals surface area contributed by atoms with Gasteiger partial charge in [-0.05, 0) is 52.6 Å². The van der Waals surface area contributed by atoms with Gasteiger partial charge in [0.05, 0.1) is 11.3 Å². The van der Waals surface area contributed by atoms with Crippen LogP contribution in [0.5, 0.6) is 0 Å². The number of rotatable bonds is 7. The number of benzene rings is 3. The Morgan fingerprint density at radius 1 is 0.973 bits per heavy atom. The first-order valence-electron chi connectivity index (χ1n) is 11.1. The fourth-order valence-corrected chi connectivity index (χ4v) is 4.30. The molecule has 188 valence electrons. The van der Waals surface area contributed by atoms with Gasteiger partial charge < -0.3 is 14.9 Å². The van der Waals surface area contributed by atoms with Gasteiger partial charge in [0.1, 0.15) is 11.6 Å². The molecule has 4 aromatic rings. The van der Waals surface area contributed by atoms with Gasteiger partial charge in [-0.1, -0.05) is 53.2 Å². The molecule has 0 aliphatic heterocycles. The summed E-state index contributed by atoms with van der Waals surface area (Å²) >= 11 is 5.96. The number of nitrogens with zero attached hydrogens (tertiary/aromatic N) is 2. The highest BCUT2D eigenvalue weighted by molar-refractivity contribution is 6.30. The van der Waals surface area contributed by atoms with E-state index in [4.69, 9.17) is 16.7 Å². The average Bonchev–Trinajstić information content (AvgIpc) is 2.87. The zero-order valence-corrected chi connectivity index (χ0v) is 20.3. The van der Waals surface area contributed by atoms with E-state index in [1.807, 2.05) is 0 Å². The van der Waals surface area contributed by atoms with Gasteiger partial charge in [-0.2, -0.15) is 0 Å². The molecule has 2 N–H and O–H groups in total. The van der Waals surface area contributed by atoms with Crippen LogP contribution in [0.2, 0.25) is 5.02 Å². The third-order valence-electron chi connectivity index (χ3n) is 6.12. The van der Waals surface area contributed by atoms with Crippen molar-refractivity contribution in [3.8, 4) is 11.1 Å². The highest BCUT2D eigenvalue weighted by atomic mass is 35.5. The number of aromatic nitrogens is 1. The van der Waals surface area contributed by atoms with E-state index in [9.17, 15) is 19.2 Å². The lowest BCUT2D eigenvalue weighted by atomic mass is 9.84. The molecule has 0 aliphatic carbocycles. The monoisotopic (exact) mass is 522 g/mol. The Bertz CT molecular complexity index is 1570. The van der Waals surface area contributed by atoms with Crippen molar-refractivity contribution in [1.82, 2.24) is 4.57 Å². The second-order valence-electron chi connectivity index (χ2n) is 8.46. The summed E-state index contributed by atoms with van der Waals surface area (Å²) in [5, 5.41) is 22.5. The van der Waals surface area contributed by atoms with E-state index < -0.39 is 29.1 Å². The zero-order chi connectivity index (χ0) is 26.7. The molecule has 0 saturated heterocycles. The normalized spacial score (nSPS) is 12.4. The summed E-state index contributed by atoms with van der Waals surface area (Å²) in [6.45, 7) is 0. The number of carboxylic acids is 1. The summed E-state index contributed by atoms with van der Waals surface area (Å²) in [6.07, 6.45) is 1.62. The maximum absolute atomic E-state index is 15.0. The largest absolute Gasteiger partial charge is 0.478 e. The first-order chi connectivity index (χ1) is 17.7. The van der Waals surface area contributed by atoms with Crippen LogP contribution in [0.25, 0.3) is 11.1 Å². The van der Waals surface area contributed by atoms with Crippen molar-refractivity contribution in [2.45, 2.75) is 12.3 Å². The maximum atomic E-state index is 15.0. The Morgan fingerprint density at radius 2 is 1.68 bits per heavy atom. The van der Waals surface area contributed by atoms with E-state index in [1.165, 1.54) is 41.1 Å². The molecule has 0 saturated carbocycles. The molecular weight excluding hydrogens is 502 g/mol. The number of hydrogen-bond donors (Lipinski definition) is 2. The summed E-state index contributed by atoms with van der Waals surface area (Å²) in [5.41, 5.74) is 2.19. The Morgan fingerprint density at radius 3 is 2.27 bits per heavy atom. The summed E-state index contributed by atoms with van der Waals surface area (Å²) in [5.74, 6) is -3.34. The van der Waals surface area contributed by atoms with Crippen LogP contribution in [0.3, 0.4) is 0 Å². The highest BCUT2D eigenvalue weighted by Crippen LogP contribution is 2.34. The predicted octanol–water partition coefficient (Wildman–Crippen LogP) is 6.08. The molecule has 37 heavy (non-hydrogen) atoms. The molecule has 1 aromatic heterocycles. The molecule has 0 radical (unpaired) electrons. The lowest BCUT2D eigenvalue weighted by Gasteiger charge is -2.20. The SMILES string of the molecule is Cn1cc(/C(CC(c2ccc(-c3ccc(C(=O)O)c(F)c3)cc2)c2ccc(Cl)cc2F)=N\O)ccc1=O. The molecule has 4 rings (SSSR count). The van der Waals surface area contributed by atoms with Crippen molar-refractivity contribution in [3.63, 3.8) is 0 Å². The molecule has 0 fully saturated rings. The van der Waals surface area contributed by atoms with E-state index in [0.717, 1.165) is 6.07 Å². The van der Waals surface area contributed by atoms with E-state index in [0.29, 0.717) is 27.8 Å². The average molecular weight is 523 g/mol. The van der Waals surface area contributed by atoms with E-state index >= 15 is 4.39 Å². The van der Waals surface area contributed by atoms with Crippen LogP contribution in [0.15, 0.2) is 88.9 Å². The van der Waals surface area contributed by atoms with Gasteiger partial charge in [0.15, 0.2) is 0 Å². The lowest BCUT2D eigenvalue weighted by molar-refractivity contribution is 0.0692. The number of aromatic carboxylic acids is 1. The van der Waals surface area contributed by atoms with Crippen LogP contribution in [0.1, 0.15) is 39.4 Å². The van der Waals surface area contributed by atoms with Crippen LogP contribution in [-0.2, 0) is 7.05 Å². The molecule has 1 atom stereocenters.